The van der Waals surface area contributed by atoms with Crippen molar-refractivity contribution in [1.29, 1.82) is 0 Å². The summed E-state index contributed by atoms with van der Waals surface area (Å²) in [5, 5.41) is 0.782. The number of halogens is 1. The highest BCUT2D eigenvalue weighted by Crippen LogP contribution is 2.24. The van der Waals surface area contributed by atoms with Crippen molar-refractivity contribution in [2.24, 2.45) is 0 Å². The van der Waals surface area contributed by atoms with Gasteiger partial charge >= 0.3 is 0 Å². The molecule has 4 heteroatoms. The lowest BCUT2D eigenvalue weighted by Crippen LogP contribution is -2.27. The van der Waals surface area contributed by atoms with Crippen LogP contribution in [0, 0.1) is 19.7 Å². The van der Waals surface area contributed by atoms with Gasteiger partial charge in [0, 0.05) is 30.2 Å². The van der Waals surface area contributed by atoms with E-state index in [1.807, 2.05) is 38.1 Å². The standard InChI is InChI=1S/C20H21FN2O/c1-13-4-6-15(7-5-13)12-23(3)20(24)11-17-14(2)22-19-9-8-16(21)10-18(17)19/h4-10,22H,11-12H2,1-3H3. The number of carbonyl (C=O) groups excluding carboxylic acids is 1. The Morgan fingerprint density at radius 1 is 1.12 bits per heavy atom. The lowest BCUT2D eigenvalue weighted by atomic mass is 10.1. The fourth-order valence-electron chi connectivity index (χ4n) is 2.92. The van der Waals surface area contributed by atoms with Crippen LogP contribution in [-0.4, -0.2) is 22.8 Å². The number of benzene rings is 2. The second kappa shape index (κ2) is 6.48. The van der Waals surface area contributed by atoms with Crippen molar-refractivity contribution in [3.63, 3.8) is 0 Å². The molecule has 1 heterocycles. The lowest BCUT2D eigenvalue weighted by molar-refractivity contribution is -0.129. The molecule has 2 aromatic carbocycles. The normalized spacial score (nSPS) is 11.0. The van der Waals surface area contributed by atoms with Crippen LogP contribution < -0.4 is 0 Å². The van der Waals surface area contributed by atoms with Gasteiger partial charge in [0.2, 0.25) is 5.91 Å². The van der Waals surface area contributed by atoms with E-state index in [0.29, 0.717) is 6.54 Å². The number of fused-ring (bicyclic) bond motifs is 1. The van der Waals surface area contributed by atoms with Gasteiger partial charge in [-0.25, -0.2) is 4.39 Å². The maximum atomic E-state index is 13.5. The Morgan fingerprint density at radius 2 is 1.83 bits per heavy atom. The summed E-state index contributed by atoms with van der Waals surface area (Å²) in [6.07, 6.45) is 0.262. The van der Waals surface area contributed by atoms with Gasteiger partial charge in [0.25, 0.3) is 0 Å². The average molecular weight is 324 g/mol. The molecule has 1 aromatic heterocycles. The summed E-state index contributed by atoms with van der Waals surface area (Å²) in [6, 6.07) is 12.8. The molecule has 3 aromatic rings. The van der Waals surface area contributed by atoms with Gasteiger partial charge in [0.05, 0.1) is 6.42 Å². The van der Waals surface area contributed by atoms with Gasteiger partial charge in [-0.1, -0.05) is 29.8 Å². The Labute approximate surface area is 141 Å². The number of aromatic amines is 1. The predicted octanol–water partition coefficient (Wildman–Crippen LogP) is 4.12. The number of hydrogen-bond donors (Lipinski definition) is 1. The summed E-state index contributed by atoms with van der Waals surface area (Å²) in [6.45, 7) is 4.52. The van der Waals surface area contributed by atoms with Crippen molar-refractivity contribution in [2.45, 2.75) is 26.8 Å². The largest absolute Gasteiger partial charge is 0.358 e. The van der Waals surface area contributed by atoms with Crippen LogP contribution in [-0.2, 0) is 17.8 Å². The number of amides is 1. The Bertz CT molecular complexity index is 881. The molecule has 0 atom stereocenters. The summed E-state index contributed by atoms with van der Waals surface area (Å²) in [7, 11) is 1.80. The van der Waals surface area contributed by atoms with Gasteiger partial charge in [0.15, 0.2) is 0 Å². The minimum absolute atomic E-state index is 0.0174. The molecular weight excluding hydrogens is 303 g/mol. The summed E-state index contributed by atoms with van der Waals surface area (Å²) >= 11 is 0. The fraction of sp³-hybridized carbons (Fsp3) is 0.250. The van der Waals surface area contributed by atoms with E-state index in [9.17, 15) is 9.18 Å². The number of nitrogens with zero attached hydrogens (tertiary/aromatic N) is 1. The monoisotopic (exact) mass is 324 g/mol. The molecule has 24 heavy (non-hydrogen) atoms. The minimum Gasteiger partial charge on any atom is -0.358 e. The summed E-state index contributed by atoms with van der Waals surface area (Å²) < 4.78 is 13.5. The minimum atomic E-state index is -0.289. The summed E-state index contributed by atoms with van der Waals surface area (Å²) in [4.78, 5) is 17.5. The van der Waals surface area contributed by atoms with Crippen LogP contribution in [0.15, 0.2) is 42.5 Å². The topological polar surface area (TPSA) is 36.1 Å². The number of nitrogens with one attached hydrogen (secondary N) is 1. The van der Waals surface area contributed by atoms with E-state index in [4.69, 9.17) is 0 Å². The maximum absolute atomic E-state index is 13.5. The molecule has 1 amide bonds. The van der Waals surface area contributed by atoms with E-state index in [-0.39, 0.29) is 18.1 Å². The van der Waals surface area contributed by atoms with Crippen LogP contribution in [0.4, 0.5) is 4.39 Å². The molecule has 0 saturated heterocycles. The number of hydrogen-bond acceptors (Lipinski definition) is 1. The van der Waals surface area contributed by atoms with Gasteiger partial charge in [-0.2, -0.15) is 0 Å². The van der Waals surface area contributed by atoms with Gasteiger partial charge in [-0.15, -0.1) is 0 Å². The number of aryl methyl sites for hydroxylation is 2. The van der Waals surface area contributed by atoms with Crippen LogP contribution in [0.1, 0.15) is 22.4 Å². The van der Waals surface area contributed by atoms with Crippen molar-refractivity contribution >= 4 is 16.8 Å². The quantitative estimate of drug-likeness (QED) is 0.770. The van der Waals surface area contributed by atoms with Crippen LogP contribution in [0.25, 0.3) is 10.9 Å². The summed E-state index contributed by atoms with van der Waals surface area (Å²) in [5.74, 6) is -0.271. The van der Waals surface area contributed by atoms with Crippen molar-refractivity contribution in [2.75, 3.05) is 7.05 Å². The zero-order chi connectivity index (χ0) is 17.3. The first-order chi connectivity index (χ1) is 11.4. The van der Waals surface area contributed by atoms with Crippen molar-refractivity contribution in [3.05, 3.63) is 70.7 Å². The molecule has 1 N–H and O–H groups in total. The van der Waals surface area contributed by atoms with E-state index in [1.54, 1.807) is 18.0 Å². The van der Waals surface area contributed by atoms with E-state index in [0.717, 1.165) is 27.7 Å². The third-order valence-electron chi connectivity index (χ3n) is 4.38. The molecule has 0 saturated carbocycles. The molecule has 0 spiro atoms. The highest BCUT2D eigenvalue weighted by Gasteiger charge is 2.16. The second-order valence-electron chi connectivity index (χ2n) is 6.33. The average Bonchev–Trinajstić information content (AvgIpc) is 2.85. The number of carbonyl (C=O) groups is 1. The van der Waals surface area contributed by atoms with Crippen molar-refractivity contribution in [1.82, 2.24) is 9.88 Å². The predicted molar refractivity (Wildman–Crippen MR) is 94.4 cm³/mol. The van der Waals surface area contributed by atoms with E-state index >= 15 is 0 Å². The van der Waals surface area contributed by atoms with Crippen LogP contribution in [0.2, 0.25) is 0 Å². The second-order valence-corrected chi connectivity index (χ2v) is 6.33. The molecule has 0 aliphatic carbocycles. The molecule has 0 fully saturated rings. The van der Waals surface area contributed by atoms with E-state index in [1.165, 1.54) is 17.7 Å². The Morgan fingerprint density at radius 3 is 2.54 bits per heavy atom. The fourth-order valence-corrected chi connectivity index (χ4v) is 2.92. The molecular formula is C20H21FN2O. The zero-order valence-corrected chi connectivity index (χ0v) is 14.2. The van der Waals surface area contributed by atoms with Crippen molar-refractivity contribution in [3.8, 4) is 0 Å². The third kappa shape index (κ3) is 3.32. The Balaban J connectivity index is 1.78. The lowest BCUT2D eigenvalue weighted by Gasteiger charge is -2.17. The van der Waals surface area contributed by atoms with Crippen LogP contribution >= 0.6 is 0 Å². The molecule has 124 valence electrons. The molecule has 0 radical (unpaired) electrons. The zero-order valence-electron chi connectivity index (χ0n) is 14.2. The first-order valence-corrected chi connectivity index (χ1v) is 8.00. The SMILES string of the molecule is Cc1ccc(CN(C)C(=O)Cc2c(C)[nH]c3ccc(F)cc23)cc1. The number of rotatable bonds is 4. The van der Waals surface area contributed by atoms with Crippen LogP contribution in [0.5, 0.6) is 0 Å². The third-order valence-corrected chi connectivity index (χ3v) is 4.38. The van der Waals surface area contributed by atoms with E-state index < -0.39 is 0 Å². The molecule has 0 aliphatic heterocycles. The molecule has 0 aliphatic rings. The van der Waals surface area contributed by atoms with E-state index in [2.05, 4.69) is 4.98 Å². The number of likely N-dealkylation sites (N-methyl/N-ethyl adjacent to an activating group) is 1. The highest BCUT2D eigenvalue weighted by molar-refractivity contribution is 5.90. The first-order valence-electron chi connectivity index (χ1n) is 8.00. The first kappa shape index (κ1) is 16.2. The van der Waals surface area contributed by atoms with Crippen LogP contribution in [0.3, 0.4) is 0 Å². The number of H-pyrrole nitrogens is 1. The Kier molecular flexibility index (Phi) is 4.38. The van der Waals surface area contributed by atoms with Gasteiger partial charge in [-0.3, -0.25) is 4.79 Å². The number of aromatic nitrogens is 1. The Hall–Kier alpha value is -2.62. The van der Waals surface area contributed by atoms with Gasteiger partial charge in [0.1, 0.15) is 5.82 Å². The van der Waals surface area contributed by atoms with Gasteiger partial charge in [-0.05, 0) is 43.2 Å². The highest BCUT2D eigenvalue weighted by atomic mass is 19.1. The maximum Gasteiger partial charge on any atom is 0.227 e. The molecule has 0 unspecified atom stereocenters. The molecule has 3 rings (SSSR count). The molecule has 0 bridgehead atoms. The molecule has 3 nitrogen and oxygen atoms in total. The van der Waals surface area contributed by atoms with Gasteiger partial charge < -0.3 is 9.88 Å². The summed E-state index contributed by atoms with van der Waals surface area (Å²) in [5.41, 5.74) is 4.93. The smallest absolute Gasteiger partial charge is 0.227 e. The van der Waals surface area contributed by atoms with Crippen molar-refractivity contribution < 1.29 is 9.18 Å².